The second-order valence-corrected chi connectivity index (χ2v) is 6.70. The molecule has 1 fully saturated rings. The highest BCUT2D eigenvalue weighted by Gasteiger charge is 2.30. The Morgan fingerprint density at radius 3 is 3.18 bits per heavy atom. The van der Waals surface area contributed by atoms with Gasteiger partial charge in [-0.15, -0.1) is 11.3 Å². The van der Waals surface area contributed by atoms with E-state index in [-0.39, 0.29) is 11.9 Å². The minimum absolute atomic E-state index is 0.0299. The minimum Gasteiger partial charge on any atom is -0.333 e. The van der Waals surface area contributed by atoms with Crippen LogP contribution in [0.15, 0.2) is 29.6 Å². The van der Waals surface area contributed by atoms with Crippen LogP contribution in [0.4, 0.5) is 0 Å². The molecule has 1 aliphatic rings. The van der Waals surface area contributed by atoms with Crippen molar-refractivity contribution < 1.29 is 4.79 Å². The molecule has 1 amide bonds. The van der Waals surface area contributed by atoms with Crippen molar-refractivity contribution in [2.75, 3.05) is 20.1 Å². The molecule has 1 unspecified atom stereocenters. The van der Waals surface area contributed by atoms with E-state index < -0.39 is 0 Å². The van der Waals surface area contributed by atoms with Gasteiger partial charge in [-0.05, 0) is 32.0 Å². The zero-order valence-corrected chi connectivity index (χ0v) is 14.0. The van der Waals surface area contributed by atoms with E-state index in [4.69, 9.17) is 11.6 Å². The normalized spacial score (nSPS) is 17.9. The first-order chi connectivity index (χ1) is 10.7. The highest BCUT2D eigenvalue weighted by Crippen LogP contribution is 2.27. The monoisotopic (exact) mass is 335 g/mol. The summed E-state index contributed by atoms with van der Waals surface area (Å²) in [4.78, 5) is 19.1. The number of benzene rings is 1. The molecule has 1 atom stereocenters. The van der Waals surface area contributed by atoms with Crippen molar-refractivity contribution in [2.24, 2.45) is 0 Å². The van der Waals surface area contributed by atoms with Crippen LogP contribution in [0.2, 0.25) is 5.02 Å². The SMILES string of the molecule is CNCC1CCCN1C(=O)c1csc(-c2cccc(Cl)c2)n1. The first-order valence-electron chi connectivity index (χ1n) is 7.36. The van der Waals surface area contributed by atoms with Crippen LogP contribution in [0.5, 0.6) is 0 Å². The van der Waals surface area contributed by atoms with Crippen LogP contribution >= 0.6 is 22.9 Å². The molecule has 0 radical (unpaired) electrons. The topological polar surface area (TPSA) is 45.2 Å². The third-order valence-electron chi connectivity index (χ3n) is 3.87. The van der Waals surface area contributed by atoms with Crippen LogP contribution < -0.4 is 5.32 Å². The molecule has 0 bridgehead atoms. The van der Waals surface area contributed by atoms with Gasteiger partial charge in [-0.25, -0.2) is 4.98 Å². The van der Waals surface area contributed by atoms with E-state index in [2.05, 4.69) is 10.3 Å². The highest BCUT2D eigenvalue weighted by atomic mass is 35.5. The molecule has 1 aliphatic heterocycles. The maximum atomic E-state index is 12.7. The molecule has 6 heteroatoms. The van der Waals surface area contributed by atoms with Gasteiger partial charge in [-0.1, -0.05) is 23.7 Å². The van der Waals surface area contributed by atoms with Crippen LogP contribution in [-0.2, 0) is 0 Å². The summed E-state index contributed by atoms with van der Waals surface area (Å²) < 4.78 is 0. The number of nitrogens with one attached hydrogen (secondary N) is 1. The molecule has 2 heterocycles. The number of nitrogens with zero attached hydrogens (tertiary/aromatic N) is 2. The lowest BCUT2D eigenvalue weighted by Crippen LogP contribution is -2.40. The number of carbonyl (C=O) groups is 1. The van der Waals surface area contributed by atoms with Crippen molar-refractivity contribution in [1.82, 2.24) is 15.2 Å². The molecular formula is C16H18ClN3OS. The zero-order chi connectivity index (χ0) is 15.5. The van der Waals surface area contributed by atoms with Crippen LogP contribution in [0, 0.1) is 0 Å². The summed E-state index contributed by atoms with van der Waals surface area (Å²) in [5.74, 6) is 0.0299. The van der Waals surface area contributed by atoms with Crippen LogP contribution in [0.1, 0.15) is 23.3 Å². The van der Waals surface area contributed by atoms with Gasteiger partial charge in [0.05, 0.1) is 0 Å². The lowest BCUT2D eigenvalue weighted by molar-refractivity contribution is 0.0732. The number of aromatic nitrogens is 1. The number of likely N-dealkylation sites (N-methyl/N-ethyl adjacent to an activating group) is 1. The molecule has 0 saturated carbocycles. The molecule has 0 spiro atoms. The summed E-state index contributed by atoms with van der Waals surface area (Å²) in [6, 6.07) is 7.82. The first-order valence-corrected chi connectivity index (χ1v) is 8.62. The number of rotatable bonds is 4. The van der Waals surface area contributed by atoms with Gasteiger partial charge < -0.3 is 10.2 Å². The summed E-state index contributed by atoms with van der Waals surface area (Å²) in [5, 5.41) is 6.50. The molecule has 3 rings (SSSR count). The van der Waals surface area contributed by atoms with E-state index in [0.717, 1.165) is 36.5 Å². The van der Waals surface area contributed by atoms with Crippen molar-refractivity contribution in [3.8, 4) is 10.6 Å². The van der Waals surface area contributed by atoms with Gasteiger partial charge in [0.25, 0.3) is 5.91 Å². The average Bonchev–Trinajstić information content (AvgIpc) is 3.16. The number of carbonyl (C=O) groups excluding carboxylic acids is 1. The molecule has 0 aliphatic carbocycles. The second-order valence-electron chi connectivity index (χ2n) is 5.40. The molecule has 2 aromatic rings. The number of hydrogen-bond donors (Lipinski definition) is 1. The van der Waals surface area contributed by atoms with E-state index in [1.807, 2.05) is 41.6 Å². The lowest BCUT2D eigenvalue weighted by atomic mass is 10.2. The third-order valence-corrected chi connectivity index (χ3v) is 5.00. The third kappa shape index (κ3) is 3.16. The summed E-state index contributed by atoms with van der Waals surface area (Å²) in [7, 11) is 1.92. The van der Waals surface area contributed by atoms with Crippen LogP contribution in [0.25, 0.3) is 10.6 Å². The Balaban J connectivity index is 1.80. The van der Waals surface area contributed by atoms with Crippen LogP contribution in [0.3, 0.4) is 0 Å². The Labute approximate surface area is 139 Å². The number of likely N-dealkylation sites (tertiary alicyclic amines) is 1. The number of amides is 1. The van der Waals surface area contributed by atoms with E-state index in [1.54, 1.807) is 0 Å². The summed E-state index contributed by atoms with van der Waals surface area (Å²) in [6.07, 6.45) is 2.11. The Morgan fingerprint density at radius 1 is 1.55 bits per heavy atom. The molecular weight excluding hydrogens is 318 g/mol. The van der Waals surface area contributed by atoms with Crippen molar-refractivity contribution >= 4 is 28.8 Å². The van der Waals surface area contributed by atoms with Crippen molar-refractivity contribution in [2.45, 2.75) is 18.9 Å². The van der Waals surface area contributed by atoms with E-state index in [1.165, 1.54) is 11.3 Å². The van der Waals surface area contributed by atoms with Crippen molar-refractivity contribution in [3.05, 3.63) is 40.4 Å². The van der Waals surface area contributed by atoms with Crippen molar-refractivity contribution in [3.63, 3.8) is 0 Å². The lowest BCUT2D eigenvalue weighted by Gasteiger charge is -2.23. The first kappa shape index (κ1) is 15.5. The Kier molecular flexibility index (Phi) is 4.76. The smallest absolute Gasteiger partial charge is 0.273 e. The quantitative estimate of drug-likeness (QED) is 0.932. The average molecular weight is 336 g/mol. The van der Waals surface area contributed by atoms with Gasteiger partial charge in [-0.2, -0.15) is 0 Å². The fourth-order valence-electron chi connectivity index (χ4n) is 2.82. The molecule has 1 saturated heterocycles. The maximum Gasteiger partial charge on any atom is 0.273 e. The van der Waals surface area contributed by atoms with Gasteiger partial charge in [0.2, 0.25) is 0 Å². The van der Waals surface area contributed by atoms with Gasteiger partial charge in [0.15, 0.2) is 0 Å². The van der Waals surface area contributed by atoms with Gasteiger partial charge >= 0.3 is 0 Å². The summed E-state index contributed by atoms with van der Waals surface area (Å²) in [6.45, 7) is 1.65. The van der Waals surface area contributed by atoms with E-state index in [0.29, 0.717) is 10.7 Å². The van der Waals surface area contributed by atoms with Crippen LogP contribution in [-0.4, -0.2) is 42.0 Å². The molecule has 1 N–H and O–H groups in total. The molecule has 1 aromatic carbocycles. The number of halogens is 1. The van der Waals surface area contributed by atoms with Gasteiger partial charge in [-0.3, -0.25) is 4.79 Å². The Morgan fingerprint density at radius 2 is 2.41 bits per heavy atom. The predicted octanol–water partition coefficient (Wildman–Crippen LogP) is 3.29. The maximum absolute atomic E-state index is 12.7. The summed E-state index contributed by atoms with van der Waals surface area (Å²) in [5.41, 5.74) is 1.48. The van der Waals surface area contributed by atoms with E-state index in [9.17, 15) is 4.79 Å². The molecule has 4 nitrogen and oxygen atoms in total. The summed E-state index contributed by atoms with van der Waals surface area (Å²) >= 11 is 7.50. The molecule has 1 aromatic heterocycles. The minimum atomic E-state index is 0.0299. The molecule has 116 valence electrons. The second kappa shape index (κ2) is 6.77. The number of thiazole rings is 1. The predicted molar refractivity (Wildman–Crippen MR) is 90.5 cm³/mol. The van der Waals surface area contributed by atoms with Gasteiger partial charge in [0.1, 0.15) is 10.7 Å². The Hall–Kier alpha value is -1.43. The fourth-order valence-corrected chi connectivity index (χ4v) is 3.81. The van der Waals surface area contributed by atoms with Gasteiger partial charge in [0, 0.05) is 35.1 Å². The fraction of sp³-hybridized carbons (Fsp3) is 0.375. The van der Waals surface area contributed by atoms with E-state index >= 15 is 0 Å². The molecule has 22 heavy (non-hydrogen) atoms. The largest absolute Gasteiger partial charge is 0.333 e. The number of hydrogen-bond acceptors (Lipinski definition) is 4. The Bertz CT molecular complexity index is 673. The zero-order valence-electron chi connectivity index (χ0n) is 12.4. The van der Waals surface area contributed by atoms with Crippen molar-refractivity contribution in [1.29, 1.82) is 0 Å². The standard InChI is InChI=1S/C16H18ClN3OS/c1-18-9-13-6-3-7-20(13)16(21)14-10-22-15(19-14)11-4-2-5-12(17)8-11/h2,4-5,8,10,13,18H,3,6-7,9H2,1H3. The highest BCUT2D eigenvalue weighted by molar-refractivity contribution is 7.13.